The van der Waals surface area contributed by atoms with Crippen molar-refractivity contribution in [1.29, 1.82) is 0 Å². The molecule has 1 saturated carbocycles. The van der Waals surface area contributed by atoms with Crippen LogP contribution >= 0.6 is 27.5 Å². The summed E-state index contributed by atoms with van der Waals surface area (Å²) >= 11 is 9.29. The van der Waals surface area contributed by atoms with Crippen LogP contribution in [0.3, 0.4) is 0 Å². The van der Waals surface area contributed by atoms with E-state index in [2.05, 4.69) is 15.9 Å². The molecule has 1 aliphatic carbocycles. The van der Waals surface area contributed by atoms with Gasteiger partial charge < -0.3 is 5.11 Å². The molecule has 70 valence electrons. The Hall–Kier alpha value is -0.0500. The lowest BCUT2D eigenvalue weighted by Crippen LogP contribution is -2.33. The standard InChI is InChI=1S/C10H10BrClO/c11-9-3-2-7(12)6-8(9)10(13)4-1-5-10/h2-3,6,13H,1,4-5H2. The Labute approximate surface area is 90.9 Å². The number of benzene rings is 1. The molecule has 13 heavy (non-hydrogen) atoms. The van der Waals surface area contributed by atoms with Crippen LogP contribution in [0.1, 0.15) is 24.8 Å². The lowest BCUT2D eigenvalue weighted by Gasteiger charge is -2.37. The first-order chi connectivity index (χ1) is 6.12. The highest BCUT2D eigenvalue weighted by atomic mass is 79.9. The third-order valence-electron chi connectivity index (χ3n) is 2.61. The van der Waals surface area contributed by atoms with E-state index in [1.807, 2.05) is 18.2 Å². The Kier molecular flexibility index (Phi) is 2.39. The summed E-state index contributed by atoms with van der Waals surface area (Å²) in [6.07, 6.45) is 2.77. The number of rotatable bonds is 1. The third-order valence-corrected chi connectivity index (χ3v) is 3.54. The molecule has 0 aliphatic heterocycles. The average molecular weight is 262 g/mol. The Morgan fingerprint density at radius 1 is 1.38 bits per heavy atom. The minimum absolute atomic E-state index is 0.635. The first-order valence-corrected chi connectivity index (χ1v) is 5.47. The maximum absolute atomic E-state index is 10.1. The van der Waals surface area contributed by atoms with E-state index in [1.165, 1.54) is 0 Å². The van der Waals surface area contributed by atoms with Gasteiger partial charge in [0, 0.05) is 9.50 Å². The van der Waals surface area contributed by atoms with E-state index in [-0.39, 0.29) is 0 Å². The average Bonchev–Trinajstić information content (AvgIpc) is 2.05. The van der Waals surface area contributed by atoms with Gasteiger partial charge in [0.15, 0.2) is 0 Å². The topological polar surface area (TPSA) is 20.2 Å². The molecule has 1 fully saturated rings. The van der Waals surface area contributed by atoms with Gasteiger partial charge in [0.05, 0.1) is 5.60 Å². The van der Waals surface area contributed by atoms with Crippen molar-refractivity contribution in [3.63, 3.8) is 0 Å². The molecule has 0 radical (unpaired) electrons. The van der Waals surface area contributed by atoms with Gasteiger partial charge in [0.1, 0.15) is 0 Å². The first kappa shape index (κ1) is 9.50. The Bertz CT molecular complexity index is 334. The molecule has 0 bridgehead atoms. The molecule has 1 N–H and O–H groups in total. The summed E-state index contributed by atoms with van der Waals surface area (Å²) in [4.78, 5) is 0. The van der Waals surface area contributed by atoms with Crippen molar-refractivity contribution in [3.05, 3.63) is 33.3 Å². The van der Waals surface area contributed by atoms with Gasteiger partial charge in [0.2, 0.25) is 0 Å². The van der Waals surface area contributed by atoms with Gasteiger partial charge in [-0.1, -0.05) is 27.5 Å². The molecule has 0 spiro atoms. The maximum atomic E-state index is 10.1. The number of halogens is 2. The van der Waals surface area contributed by atoms with E-state index in [1.54, 1.807) is 0 Å². The van der Waals surface area contributed by atoms with Gasteiger partial charge in [-0.15, -0.1) is 0 Å². The molecule has 0 atom stereocenters. The maximum Gasteiger partial charge on any atom is 0.0908 e. The summed E-state index contributed by atoms with van der Waals surface area (Å²) in [5, 5.41) is 10.8. The molecule has 0 heterocycles. The molecule has 2 rings (SSSR count). The summed E-state index contributed by atoms with van der Waals surface area (Å²) in [5.41, 5.74) is 0.287. The second-order valence-corrected chi connectivity index (χ2v) is 4.80. The van der Waals surface area contributed by atoms with Crippen molar-refractivity contribution < 1.29 is 5.11 Å². The molecular formula is C10H10BrClO. The number of aliphatic hydroxyl groups is 1. The fourth-order valence-electron chi connectivity index (χ4n) is 1.64. The molecule has 0 saturated heterocycles. The van der Waals surface area contributed by atoms with E-state index in [4.69, 9.17) is 11.6 Å². The van der Waals surface area contributed by atoms with Gasteiger partial charge in [-0.3, -0.25) is 0 Å². The van der Waals surface area contributed by atoms with E-state index < -0.39 is 5.60 Å². The van der Waals surface area contributed by atoms with Gasteiger partial charge in [-0.25, -0.2) is 0 Å². The van der Waals surface area contributed by atoms with Gasteiger partial charge in [-0.05, 0) is 43.0 Å². The molecule has 1 aromatic rings. The Morgan fingerprint density at radius 2 is 2.08 bits per heavy atom. The van der Waals surface area contributed by atoms with Crippen LogP contribution in [0.25, 0.3) is 0 Å². The van der Waals surface area contributed by atoms with E-state index in [9.17, 15) is 5.11 Å². The highest BCUT2D eigenvalue weighted by molar-refractivity contribution is 9.10. The van der Waals surface area contributed by atoms with E-state index in [0.29, 0.717) is 5.02 Å². The van der Waals surface area contributed by atoms with Crippen molar-refractivity contribution in [2.24, 2.45) is 0 Å². The van der Waals surface area contributed by atoms with E-state index in [0.717, 1.165) is 29.3 Å². The molecule has 0 aromatic heterocycles. The number of hydrogen-bond donors (Lipinski definition) is 1. The predicted molar refractivity (Wildman–Crippen MR) is 56.9 cm³/mol. The normalized spacial score (nSPS) is 19.6. The summed E-state index contributed by atoms with van der Waals surface area (Å²) in [6, 6.07) is 5.54. The molecule has 1 aliphatic rings. The highest BCUT2D eigenvalue weighted by Crippen LogP contribution is 2.44. The fourth-order valence-corrected chi connectivity index (χ4v) is 2.42. The zero-order valence-electron chi connectivity index (χ0n) is 7.06. The zero-order chi connectivity index (χ0) is 9.47. The summed E-state index contributed by atoms with van der Waals surface area (Å²) in [6.45, 7) is 0. The monoisotopic (exact) mass is 260 g/mol. The quantitative estimate of drug-likeness (QED) is 0.821. The van der Waals surface area contributed by atoms with Crippen LogP contribution in [0.2, 0.25) is 5.02 Å². The molecule has 1 nitrogen and oxygen atoms in total. The van der Waals surface area contributed by atoms with Crippen LogP contribution in [0.5, 0.6) is 0 Å². The summed E-state index contributed by atoms with van der Waals surface area (Å²) < 4.78 is 0.944. The highest BCUT2D eigenvalue weighted by Gasteiger charge is 2.37. The first-order valence-electron chi connectivity index (χ1n) is 4.30. The molecule has 0 unspecified atom stereocenters. The van der Waals surface area contributed by atoms with Crippen molar-refractivity contribution in [1.82, 2.24) is 0 Å². The molecule has 0 amide bonds. The Balaban J connectivity index is 2.43. The fraction of sp³-hybridized carbons (Fsp3) is 0.400. The van der Waals surface area contributed by atoms with Crippen molar-refractivity contribution >= 4 is 27.5 Å². The largest absolute Gasteiger partial charge is 0.385 e. The van der Waals surface area contributed by atoms with Crippen LogP contribution in [0, 0.1) is 0 Å². The Morgan fingerprint density at radius 3 is 2.62 bits per heavy atom. The van der Waals surface area contributed by atoms with Crippen LogP contribution in [0.4, 0.5) is 0 Å². The molecule has 1 aromatic carbocycles. The minimum atomic E-state index is -0.635. The van der Waals surface area contributed by atoms with Crippen LogP contribution < -0.4 is 0 Å². The van der Waals surface area contributed by atoms with Gasteiger partial charge in [0.25, 0.3) is 0 Å². The summed E-state index contributed by atoms with van der Waals surface area (Å²) in [5.74, 6) is 0. The number of hydrogen-bond acceptors (Lipinski definition) is 1. The predicted octanol–water partition coefficient (Wildman–Crippen LogP) is 3.47. The smallest absolute Gasteiger partial charge is 0.0908 e. The van der Waals surface area contributed by atoms with Crippen LogP contribution in [-0.4, -0.2) is 5.11 Å². The van der Waals surface area contributed by atoms with Crippen molar-refractivity contribution in [2.75, 3.05) is 0 Å². The molecular weight excluding hydrogens is 251 g/mol. The third kappa shape index (κ3) is 1.63. The lowest BCUT2D eigenvalue weighted by molar-refractivity contribution is -0.0394. The SMILES string of the molecule is OC1(c2cc(Cl)ccc2Br)CCC1. The van der Waals surface area contributed by atoms with Gasteiger partial charge in [-0.2, -0.15) is 0 Å². The van der Waals surface area contributed by atoms with E-state index >= 15 is 0 Å². The van der Waals surface area contributed by atoms with Crippen LogP contribution in [0.15, 0.2) is 22.7 Å². The minimum Gasteiger partial charge on any atom is -0.385 e. The van der Waals surface area contributed by atoms with Gasteiger partial charge >= 0.3 is 0 Å². The summed E-state index contributed by atoms with van der Waals surface area (Å²) in [7, 11) is 0. The van der Waals surface area contributed by atoms with Crippen LogP contribution in [-0.2, 0) is 5.60 Å². The van der Waals surface area contributed by atoms with Crippen molar-refractivity contribution in [3.8, 4) is 0 Å². The second-order valence-electron chi connectivity index (χ2n) is 3.51. The molecule has 3 heteroatoms. The van der Waals surface area contributed by atoms with Crippen molar-refractivity contribution in [2.45, 2.75) is 24.9 Å². The lowest BCUT2D eigenvalue weighted by atomic mass is 9.75. The second kappa shape index (κ2) is 3.26. The zero-order valence-corrected chi connectivity index (χ0v) is 9.40.